The van der Waals surface area contributed by atoms with E-state index in [-0.39, 0.29) is 5.82 Å². The molecule has 1 heterocycles. The van der Waals surface area contributed by atoms with E-state index >= 15 is 0 Å². The predicted molar refractivity (Wildman–Crippen MR) is 70.4 cm³/mol. The lowest BCUT2D eigenvalue weighted by atomic mass is 10.2. The van der Waals surface area contributed by atoms with Crippen LogP contribution < -0.4 is 5.32 Å². The fraction of sp³-hybridized carbons (Fsp3) is 0.357. The van der Waals surface area contributed by atoms with E-state index in [4.69, 9.17) is 0 Å². The van der Waals surface area contributed by atoms with Crippen molar-refractivity contribution in [3.05, 3.63) is 47.3 Å². The van der Waals surface area contributed by atoms with Crippen molar-refractivity contribution in [2.45, 2.75) is 27.3 Å². The highest BCUT2D eigenvalue weighted by molar-refractivity contribution is 5.39. The van der Waals surface area contributed by atoms with Crippen molar-refractivity contribution in [2.24, 2.45) is 0 Å². The first kappa shape index (κ1) is 12.8. The number of nitrogens with zero attached hydrogens (tertiary/aromatic N) is 2. The molecule has 0 saturated heterocycles. The summed E-state index contributed by atoms with van der Waals surface area (Å²) in [6.07, 6.45) is 1.73. The van der Waals surface area contributed by atoms with Crippen molar-refractivity contribution in [3.63, 3.8) is 0 Å². The lowest BCUT2D eigenvalue weighted by Crippen LogP contribution is -2.12. The van der Waals surface area contributed by atoms with Crippen molar-refractivity contribution >= 4 is 0 Å². The SMILES string of the molecule is CCNCc1cc(F)cc(-n2cnc(C)c2C)c1. The molecule has 96 valence electrons. The van der Waals surface area contributed by atoms with Gasteiger partial charge in [0, 0.05) is 17.9 Å². The second-order valence-electron chi connectivity index (χ2n) is 4.38. The van der Waals surface area contributed by atoms with Crippen LogP contribution in [-0.2, 0) is 6.54 Å². The van der Waals surface area contributed by atoms with Gasteiger partial charge in [-0.15, -0.1) is 0 Å². The Morgan fingerprint density at radius 1 is 1.28 bits per heavy atom. The van der Waals surface area contributed by atoms with Gasteiger partial charge in [0.05, 0.1) is 12.0 Å². The summed E-state index contributed by atoms with van der Waals surface area (Å²) >= 11 is 0. The third-order valence-corrected chi connectivity index (χ3v) is 3.05. The molecule has 0 aliphatic rings. The number of aromatic nitrogens is 2. The number of aryl methyl sites for hydroxylation is 1. The molecular formula is C14H18FN3. The summed E-state index contributed by atoms with van der Waals surface area (Å²) in [4.78, 5) is 4.24. The number of hydrogen-bond donors (Lipinski definition) is 1. The first-order chi connectivity index (χ1) is 8.61. The zero-order valence-electron chi connectivity index (χ0n) is 11.0. The lowest BCUT2D eigenvalue weighted by Gasteiger charge is -2.09. The third kappa shape index (κ3) is 2.59. The molecule has 2 aromatic rings. The van der Waals surface area contributed by atoms with Gasteiger partial charge >= 0.3 is 0 Å². The van der Waals surface area contributed by atoms with Gasteiger partial charge in [-0.25, -0.2) is 9.37 Å². The molecule has 0 saturated carbocycles. The van der Waals surface area contributed by atoms with E-state index in [1.165, 1.54) is 6.07 Å². The maximum atomic E-state index is 13.6. The van der Waals surface area contributed by atoms with Crippen LogP contribution in [0.3, 0.4) is 0 Å². The second kappa shape index (κ2) is 5.31. The average molecular weight is 247 g/mol. The van der Waals surface area contributed by atoms with Crippen LogP contribution >= 0.6 is 0 Å². The average Bonchev–Trinajstić information content (AvgIpc) is 2.67. The van der Waals surface area contributed by atoms with Crippen molar-refractivity contribution in [1.82, 2.24) is 14.9 Å². The largest absolute Gasteiger partial charge is 0.313 e. The summed E-state index contributed by atoms with van der Waals surface area (Å²) in [5, 5.41) is 3.20. The molecule has 3 nitrogen and oxygen atoms in total. The lowest BCUT2D eigenvalue weighted by molar-refractivity contribution is 0.620. The molecule has 1 N–H and O–H groups in total. The van der Waals surface area contributed by atoms with Gasteiger partial charge in [0.25, 0.3) is 0 Å². The normalized spacial score (nSPS) is 10.9. The Hall–Kier alpha value is -1.68. The van der Waals surface area contributed by atoms with Crippen LogP contribution in [-0.4, -0.2) is 16.1 Å². The highest BCUT2D eigenvalue weighted by Crippen LogP contribution is 2.17. The van der Waals surface area contributed by atoms with Gasteiger partial charge in [0.15, 0.2) is 0 Å². The van der Waals surface area contributed by atoms with E-state index in [9.17, 15) is 4.39 Å². The van der Waals surface area contributed by atoms with Crippen LogP contribution in [0.25, 0.3) is 5.69 Å². The van der Waals surface area contributed by atoms with Gasteiger partial charge in [-0.05, 0) is 44.2 Å². The van der Waals surface area contributed by atoms with Crippen LogP contribution in [0.1, 0.15) is 23.9 Å². The fourth-order valence-electron chi connectivity index (χ4n) is 1.90. The molecule has 1 aromatic carbocycles. The molecule has 0 radical (unpaired) electrons. The van der Waals surface area contributed by atoms with E-state index in [1.54, 1.807) is 12.4 Å². The molecule has 0 spiro atoms. The molecule has 0 unspecified atom stereocenters. The Morgan fingerprint density at radius 2 is 2.06 bits per heavy atom. The van der Waals surface area contributed by atoms with E-state index in [1.807, 2.05) is 31.4 Å². The summed E-state index contributed by atoms with van der Waals surface area (Å²) in [6, 6.07) is 5.08. The van der Waals surface area contributed by atoms with Crippen LogP contribution in [0.4, 0.5) is 4.39 Å². The molecule has 0 fully saturated rings. The molecule has 0 bridgehead atoms. The quantitative estimate of drug-likeness (QED) is 0.900. The Balaban J connectivity index is 2.38. The topological polar surface area (TPSA) is 29.9 Å². The number of hydrogen-bond acceptors (Lipinski definition) is 2. The van der Waals surface area contributed by atoms with E-state index < -0.39 is 0 Å². The first-order valence-corrected chi connectivity index (χ1v) is 6.13. The molecular weight excluding hydrogens is 229 g/mol. The Morgan fingerprint density at radius 3 is 2.67 bits per heavy atom. The van der Waals surface area contributed by atoms with Crippen molar-refractivity contribution < 1.29 is 4.39 Å². The Labute approximate surface area is 107 Å². The Kier molecular flexibility index (Phi) is 3.77. The standard InChI is InChI=1S/C14H18FN3/c1-4-16-8-12-5-13(15)7-14(6-12)18-9-17-10(2)11(18)3/h5-7,9,16H,4,8H2,1-3H3. The van der Waals surface area contributed by atoms with Crippen molar-refractivity contribution in [3.8, 4) is 5.69 Å². The van der Waals surface area contributed by atoms with Gasteiger partial charge in [-0.2, -0.15) is 0 Å². The highest BCUT2D eigenvalue weighted by Gasteiger charge is 2.07. The van der Waals surface area contributed by atoms with Crippen LogP contribution in [0.5, 0.6) is 0 Å². The maximum absolute atomic E-state index is 13.6. The van der Waals surface area contributed by atoms with Crippen molar-refractivity contribution in [1.29, 1.82) is 0 Å². The summed E-state index contributed by atoms with van der Waals surface area (Å²) in [5.41, 5.74) is 3.76. The van der Waals surface area contributed by atoms with E-state index in [0.29, 0.717) is 6.54 Å². The number of imidazole rings is 1. The molecule has 0 amide bonds. The molecule has 0 atom stereocenters. The van der Waals surface area contributed by atoms with E-state index in [2.05, 4.69) is 10.3 Å². The van der Waals surface area contributed by atoms with Gasteiger partial charge in [-0.3, -0.25) is 0 Å². The maximum Gasteiger partial charge on any atom is 0.125 e. The minimum Gasteiger partial charge on any atom is -0.313 e. The van der Waals surface area contributed by atoms with Gasteiger partial charge in [0.2, 0.25) is 0 Å². The van der Waals surface area contributed by atoms with Crippen molar-refractivity contribution in [2.75, 3.05) is 6.54 Å². The first-order valence-electron chi connectivity index (χ1n) is 6.13. The van der Waals surface area contributed by atoms with Crippen LogP contribution in [0.15, 0.2) is 24.5 Å². The number of nitrogens with one attached hydrogen (secondary N) is 1. The summed E-state index contributed by atoms with van der Waals surface area (Å²) in [6.45, 7) is 7.51. The number of benzene rings is 1. The molecule has 4 heteroatoms. The highest BCUT2D eigenvalue weighted by atomic mass is 19.1. The molecule has 0 aliphatic heterocycles. The van der Waals surface area contributed by atoms with Gasteiger partial charge < -0.3 is 9.88 Å². The minimum atomic E-state index is -0.217. The van der Waals surface area contributed by atoms with Gasteiger partial charge in [-0.1, -0.05) is 6.92 Å². The number of halogens is 1. The minimum absolute atomic E-state index is 0.217. The summed E-state index contributed by atoms with van der Waals surface area (Å²) in [7, 11) is 0. The second-order valence-corrected chi connectivity index (χ2v) is 4.38. The van der Waals surface area contributed by atoms with E-state index in [0.717, 1.165) is 29.2 Å². The molecule has 0 aliphatic carbocycles. The monoisotopic (exact) mass is 247 g/mol. The molecule has 1 aromatic heterocycles. The zero-order valence-corrected chi connectivity index (χ0v) is 11.0. The smallest absolute Gasteiger partial charge is 0.125 e. The summed E-state index contributed by atoms with van der Waals surface area (Å²) in [5.74, 6) is -0.217. The molecule has 2 rings (SSSR count). The number of rotatable bonds is 4. The molecule has 18 heavy (non-hydrogen) atoms. The van der Waals surface area contributed by atoms with Crippen LogP contribution in [0.2, 0.25) is 0 Å². The fourth-order valence-corrected chi connectivity index (χ4v) is 1.90. The third-order valence-electron chi connectivity index (χ3n) is 3.05. The van der Waals surface area contributed by atoms with Crippen LogP contribution in [0, 0.1) is 19.7 Å². The van der Waals surface area contributed by atoms with Gasteiger partial charge in [0.1, 0.15) is 5.82 Å². The predicted octanol–water partition coefficient (Wildman–Crippen LogP) is 2.74. The Bertz CT molecular complexity index is 546. The summed E-state index contributed by atoms with van der Waals surface area (Å²) < 4.78 is 15.5. The zero-order chi connectivity index (χ0) is 13.1.